The molecule has 3 N–H and O–H groups in total. The summed E-state index contributed by atoms with van der Waals surface area (Å²) in [7, 11) is 0. The number of primary amides is 1. The van der Waals surface area contributed by atoms with E-state index < -0.39 is 5.91 Å². The van der Waals surface area contributed by atoms with E-state index in [0.29, 0.717) is 5.56 Å². The zero-order chi connectivity index (χ0) is 18.4. The number of hydrogen-bond donors (Lipinski definition) is 2. The molecule has 3 rings (SSSR count). The zero-order valence-corrected chi connectivity index (χ0v) is 15.6. The van der Waals surface area contributed by atoms with Gasteiger partial charge in [-0.05, 0) is 55.0 Å². The van der Waals surface area contributed by atoms with Crippen molar-refractivity contribution in [3.8, 4) is 11.3 Å². The molecule has 4 nitrogen and oxygen atoms in total. The van der Waals surface area contributed by atoms with Gasteiger partial charge in [-0.3, -0.25) is 9.78 Å². The van der Waals surface area contributed by atoms with E-state index in [2.05, 4.69) is 23.3 Å². The number of carbonyl (C=O) groups is 1. The molecule has 0 radical (unpaired) electrons. The van der Waals surface area contributed by atoms with E-state index >= 15 is 0 Å². The summed E-state index contributed by atoms with van der Waals surface area (Å²) in [5, 5.41) is 3.55. The third kappa shape index (κ3) is 5.15. The molecule has 0 aliphatic heterocycles. The molecule has 1 fully saturated rings. The van der Waals surface area contributed by atoms with Gasteiger partial charge in [0.25, 0.3) is 0 Å². The second kappa shape index (κ2) is 8.95. The number of aromatic nitrogens is 1. The normalized spacial score (nSPS) is 20.0. The minimum absolute atomic E-state index is 0.417. The molecule has 0 bridgehead atoms. The molecule has 0 saturated heterocycles. The fourth-order valence-electron chi connectivity index (χ4n) is 3.89. The summed E-state index contributed by atoms with van der Waals surface area (Å²) in [4.78, 5) is 15.8. The van der Waals surface area contributed by atoms with Crippen LogP contribution in [0, 0.1) is 11.8 Å². The fourth-order valence-corrected chi connectivity index (χ4v) is 3.89. The van der Waals surface area contributed by atoms with Crippen LogP contribution < -0.4 is 11.1 Å². The molecule has 2 aromatic rings. The van der Waals surface area contributed by atoms with Crippen molar-refractivity contribution in [2.24, 2.45) is 17.6 Å². The quantitative estimate of drug-likeness (QED) is 0.736. The molecule has 2 unspecified atom stereocenters. The lowest BCUT2D eigenvalue weighted by atomic mass is 9.81. The molecule has 1 aliphatic carbocycles. The predicted octanol–water partition coefficient (Wildman–Crippen LogP) is 4.15. The van der Waals surface area contributed by atoms with Crippen molar-refractivity contribution in [2.75, 3.05) is 6.54 Å². The highest BCUT2D eigenvalue weighted by Gasteiger charge is 2.18. The molecule has 0 spiro atoms. The van der Waals surface area contributed by atoms with Gasteiger partial charge >= 0.3 is 0 Å². The van der Waals surface area contributed by atoms with Crippen LogP contribution in [0.2, 0.25) is 0 Å². The van der Waals surface area contributed by atoms with Crippen LogP contribution in [0.4, 0.5) is 0 Å². The van der Waals surface area contributed by atoms with Crippen molar-refractivity contribution in [2.45, 2.75) is 45.6 Å². The Hall–Kier alpha value is -2.20. The number of pyridine rings is 1. The summed E-state index contributed by atoms with van der Waals surface area (Å²) in [6.07, 6.45) is 8.77. The van der Waals surface area contributed by atoms with E-state index in [-0.39, 0.29) is 0 Å². The Morgan fingerprint density at radius 1 is 1.27 bits per heavy atom. The number of benzene rings is 1. The first-order chi connectivity index (χ1) is 12.6. The number of amides is 1. The number of nitrogens with one attached hydrogen (secondary N) is 1. The Labute approximate surface area is 156 Å². The first kappa shape index (κ1) is 18.6. The largest absolute Gasteiger partial charge is 0.366 e. The van der Waals surface area contributed by atoms with Crippen molar-refractivity contribution in [3.63, 3.8) is 0 Å². The lowest BCUT2D eigenvalue weighted by Crippen LogP contribution is -2.21. The smallest absolute Gasteiger partial charge is 0.248 e. The molecule has 1 saturated carbocycles. The Balaban J connectivity index is 1.48. The third-order valence-electron chi connectivity index (χ3n) is 5.37. The van der Waals surface area contributed by atoms with Gasteiger partial charge in [-0.15, -0.1) is 0 Å². The first-order valence-electron chi connectivity index (χ1n) is 9.67. The van der Waals surface area contributed by atoms with Gasteiger partial charge < -0.3 is 11.1 Å². The van der Waals surface area contributed by atoms with Crippen molar-refractivity contribution in [1.29, 1.82) is 0 Å². The van der Waals surface area contributed by atoms with Gasteiger partial charge in [0.2, 0.25) is 5.91 Å². The van der Waals surface area contributed by atoms with Crippen molar-refractivity contribution >= 4 is 5.91 Å². The van der Waals surface area contributed by atoms with Crippen LogP contribution in [0.3, 0.4) is 0 Å². The van der Waals surface area contributed by atoms with E-state index in [0.717, 1.165) is 36.2 Å². The third-order valence-corrected chi connectivity index (χ3v) is 5.37. The van der Waals surface area contributed by atoms with Crippen LogP contribution in [0.15, 0.2) is 42.6 Å². The van der Waals surface area contributed by atoms with Gasteiger partial charge in [-0.25, -0.2) is 0 Å². The molecule has 138 valence electrons. The molecular formula is C22H29N3O. The van der Waals surface area contributed by atoms with Crippen molar-refractivity contribution in [1.82, 2.24) is 10.3 Å². The maximum atomic E-state index is 11.3. The average Bonchev–Trinajstić information content (AvgIpc) is 2.66. The highest BCUT2D eigenvalue weighted by Crippen LogP contribution is 2.30. The summed E-state index contributed by atoms with van der Waals surface area (Å²) in [5.41, 5.74) is 8.79. The van der Waals surface area contributed by atoms with Crippen molar-refractivity contribution < 1.29 is 4.79 Å². The monoisotopic (exact) mass is 351 g/mol. The van der Waals surface area contributed by atoms with Crippen LogP contribution in [0.5, 0.6) is 0 Å². The Morgan fingerprint density at radius 3 is 2.88 bits per heavy atom. The summed E-state index contributed by atoms with van der Waals surface area (Å²) in [5.74, 6) is 1.38. The lowest BCUT2D eigenvalue weighted by Gasteiger charge is -2.26. The molecule has 1 aromatic heterocycles. The fraction of sp³-hybridized carbons (Fsp3) is 0.455. The molecule has 26 heavy (non-hydrogen) atoms. The Bertz CT molecular complexity index is 726. The van der Waals surface area contributed by atoms with Gasteiger partial charge in [0.1, 0.15) is 0 Å². The number of carbonyl (C=O) groups excluding carboxylic acids is 1. The number of rotatable bonds is 7. The maximum absolute atomic E-state index is 11.3. The van der Waals surface area contributed by atoms with Crippen LogP contribution >= 0.6 is 0 Å². The van der Waals surface area contributed by atoms with Crippen LogP contribution in [-0.4, -0.2) is 17.4 Å². The molecule has 1 amide bonds. The zero-order valence-electron chi connectivity index (χ0n) is 15.6. The summed E-state index contributed by atoms with van der Waals surface area (Å²) < 4.78 is 0. The summed E-state index contributed by atoms with van der Waals surface area (Å²) in [6, 6.07) is 11.4. The van der Waals surface area contributed by atoms with E-state index in [1.165, 1.54) is 37.7 Å². The molecule has 1 heterocycles. The standard InChI is InChI=1S/C22H29N3O/c1-16-4-2-5-17(12-16)10-11-24-14-18-8-9-21(25-15-18)19-6-3-7-20(13-19)22(23)26/h3,6-9,13,15-17,24H,2,4-5,10-12,14H2,1H3,(H2,23,26). The molecule has 1 aromatic carbocycles. The van der Waals surface area contributed by atoms with Gasteiger partial charge in [-0.2, -0.15) is 0 Å². The molecule has 2 atom stereocenters. The van der Waals surface area contributed by atoms with Crippen LogP contribution in [0.1, 0.15) is 54.9 Å². The van der Waals surface area contributed by atoms with E-state index in [9.17, 15) is 4.79 Å². The number of nitrogens with two attached hydrogens (primary N) is 1. The van der Waals surface area contributed by atoms with Crippen LogP contribution in [-0.2, 0) is 6.54 Å². The van der Waals surface area contributed by atoms with Gasteiger partial charge in [0.15, 0.2) is 0 Å². The minimum atomic E-state index is -0.417. The minimum Gasteiger partial charge on any atom is -0.366 e. The SMILES string of the molecule is CC1CCCC(CCNCc2ccc(-c3cccc(C(N)=O)c3)nc2)C1. The van der Waals surface area contributed by atoms with E-state index in [4.69, 9.17) is 5.73 Å². The number of nitrogens with zero attached hydrogens (tertiary/aromatic N) is 1. The molecular weight excluding hydrogens is 322 g/mol. The summed E-state index contributed by atoms with van der Waals surface area (Å²) in [6.45, 7) is 4.29. The van der Waals surface area contributed by atoms with Gasteiger partial charge in [-0.1, -0.05) is 44.4 Å². The maximum Gasteiger partial charge on any atom is 0.248 e. The predicted molar refractivity (Wildman–Crippen MR) is 106 cm³/mol. The molecule has 1 aliphatic rings. The van der Waals surface area contributed by atoms with E-state index in [1.54, 1.807) is 12.1 Å². The highest BCUT2D eigenvalue weighted by molar-refractivity contribution is 5.93. The van der Waals surface area contributed by atoms with Crippen LogP contribution in [0.25, 0.3) is 11.3 Å². The van der Waals surface area contributed by atoms with Gasteiger partial charge in [0.05, 0.1) is 5.69 Å². The Kier molecular flexibility index (Phi) is 6.40. The average molecular weight is 351 g/mol. The number of hydrogen-bond acceptors (Lipinski definition) is 3. The Morgan fingerprint density at radius 2 is 2.15 bits per heavy atom. The van der Waals surface area contributed by atoms with Crippen molar-refractivity contribution in [3.05, 3.63) is 53.7 Å². The second-order valence-corrected chi connectivity index (χ2v) is 7.60. The lowest BCUT2D eigenvalue weighted by molar-refractivity contribution is 0.100. The topological polar surface area (TPSA) is 68.0 Å². The summed E-state index contributed by atoms with van der Waals surface area (Å²) >= 11 is 0. The highest BCUT2D eigenvalue weighted by atomic mass is 16.1. The van der Waals surface area contributed by atoms with Gasteiger partial charge in [0, 0.05) is 23.9 Å². The second-order valence-electron chi connectivity index (χ2n) is 7.60. The van der Waals surface area contributed by atoms with E-state index in [1.807, 2.05) is 24.4 Å². The molecule has 4 heteroatoms. The first-order valence-corrected chi connectivity index (χ1v) is 9.67.